The molecule has 0 heterocycles. The molecule has 0 spiro atoms. The van der Waals surface area contributed by atoms with E-state index in [0.29, 0.717) is 10.8 Å². The van der Waals surface area contributed by atoms with Gasteiger partial charge in [0.05, 0.1) is 9.79 Å². The van der Waals surface area contributed by atoms with E-state index in [2.05, 4.69) is 52.0 Å². The summed E-state index contributed by atoms with van der Waals surface area (Å²) in [7, 11) is -8.98. The summed E-state index contributed by atoms with van der Waals surface area (Å²) in [6, 6.07) is 19.2. The molecule has 0 unspecified atom stereocenters. The van der Waals surface area contributed by atoms with Gasteiger partial charge < -0.3 is 9.11 Å². The minimum Gasteiger partial charge on any atom is -0.744 e. The van der Waals surface area contributed by atoms with Crippen molar-refractivity contribution in [2.45, 2.75) is 243 Å². The van der Waals surface area contributed by atoms with Gasteiger partial charge in [0.1, 0.15) is 20.2 Å². The number of unbranched alkanes of at least 4 members (excludes halogenated alkanes) is 24. The molecular formula is C56H86O6PbS2. The molecule has 0 bridgehead atoms. The maximum absolute atomic E-state index is 11.9. The van der Waals surface area contributed by atoms with Gasteiger partial charge in [0, 0.05) is 0 Å². The van der Waals surface area contributed by atoms with Crippen molar-refractivity contribution in [3.63, 3.8) is 0 Å². The third-order valence-corrected chi connectivity index (χ3v) is 14.6. The van der Waals surface area contributed by atoms with Crippen molar-refractivity contribution >= 4 is 69.1 Å². The van der Waals surface area contributed by atoms with Gasteiger partial charge in [0.2, 0.25) is 0 Å². The van der Waals surface area contributed by atoms with E-state index >= 15 is 0 Å². The topological polar surface area (TPSA) is 114 Å². The summed E-state index contributed by atoms with van der Waals surface area (Å²) in [6.45, 7) is 8.93. The van der Waals surface area contributed by atoms with E-state index in [1.807, 2.05) is 24.3 Å². The first-order valence-corrected chi connectivity index (χ1v) is 28.8. The number of fused-ring (bicyclic) bond motifs is 2. The minimum atomic E-state index is -4.49. The normalized spacial score (nSPS) is 11.8. The summed E-state index contributed by atoms with van der Waals surface area (Å²) in [4.78, 5) is -0.120. The second-order valence-corrected chi connectivity index (χ2v) is 21.4. The third kappa shape index (κ3) is 24.3. The van der Waals surface area contributed by atoms with Crippen LogP contribution in [0.2, 0.25) is 0 Å². The van der Waals surface area contributed by atoms with Gasteiger partial charge in [-0.05, 0) is 107 Å². The van der Waals surface area contributed by atoms with Gasteiger partial charge in [-0.1, -0.05) is 230 Å². The van der Waals surface area contributed by atoms with Gasteiger partial charge in [-0.15, -0.1) is 0 Å². The molecule has 4 aromatic rings. The van der Waals surface area contributed by atoms with Crippen LogP contribution >= 0.6 is 0 Å². The molecular weight excluding hydrogens is 1040 g/mol. The van der Waals surface area contributed by atoms with Crippen molar-refractivity contribution < 1.29 is 25.9 Å². The number of benzene rings is 4. The number of hydrogen-bond donors (Lipinski definition) is 0. The van der Waals surface area contributed by atoms with E-state index in [1.54, 1.807) is 12.1 Å². The van der Waals surface area contributed by atoms with Crippen LogP contribution in [0.25, 0.3) is 21.5 Å². The SMILES string of the molecule is CCCCCCCCCc1ccc2c(S(=O)(=O)[O-])cc(CCCCCCCCC)cc2c1.CCCCCCCCCc1ccc2c(S(=O)(=O)[O-])cc(CCCCCCCCC)cc2c1.[Pb+2]. The van der Waals surface area contributed by atoms with E-state index in [-0.39, 0.29) is 37.1 Å². The Kier molecular flexibility index (Phi) is 31.4. The van der Waals surface area contributed by atoms with Crippen LogP contribution in [-0.2, 0) is 45.9 Å². The molecule has 0 aliphatic carbocycles. The maximum atomic E-state index is 11.9. The maximum Gasteiger partial charge on any atom is 2.00 e. The molecule has 4 rings (SSSR count). The van der Waals surface area contributed by atoms with Crippen LogP contribution in [0.15, 0.2) is 70.5 Å². The van der Waals surface area contributed by atoms with Gasteiger partial charge in [-0.25, -0.2) is 16.8 Å². The molecule has 0 aliphatic heterocycles. The van der Waals surface area contributed by atoms with E-state index < -0.39 is 20.2 Å². The van der Waals surface area contributed by atoms with Crippen LogP contribution in [-0.4, -0.2) is 53.2 Å². The molecule has 0 aliphatic rings. The Labute approximate surface area is 418 Å². The Morgan fingerprint density at radius 3 is 0.815 bits per heavy atom. The first kappa shape index (κ1) is 59.3. The Balaban J connectivity index is 0.000000440. The average Bonchev–Trinajstić information content (AvgIpc) is 3.26. The number of hydrogen-bond acceptors (Lipinski definition) is 6. The fourth-order valence-corrected chi connectivity index (χ4v) is 10.5. The summed E-state index contributed by atoms with van der Waals surface area (Å²) in [5.41, 5.74) is 4.39. The molecule has 0 saturated heterocycles. The molecule has 6 nitrogen and oxygen atoms in total. The van der Waals surface area contributed by atoms with Crippen LogP contribution in [0.1, 0.15) is 230 Å². The van der Waals surface area contributed by atoms with Crippen molar-refractivity contribution in [3.8, 4) is 0 Å². The molecule has 362 valence electrons. The standard InChI is InChI=1S/2C28H44O3S.Pb/c2*1-3-5-7-9-11-13-15-17-24-19-20-27-26(21-24)22-25(23-28(27)32(29,30)31)18-16-14-12-10-8-6-4-2;/h2*19-23H,3-18H2,1-2H3,(H,29,30,31);/q;;+2/p-2. The minimum absolute atomic E-state index is 0. The van der Waals surface area contributed by atoms with Gasteiger partial charge in [0.15, 0.2) is 0 Å². The molecule has 0 amide bonds. The van der Waals surface area contributed by atoms with Crippen LogP contribution in [0, 0.1) is 0 Å². The summed E-state index contributed by atoms with van der Waals surface area (Å²) >= 11 is 0. The smallest absolute Gasteiger partial charge is 0.744 e. The third-order valence-electron chi connectivity index (χ3n) is 12.9. The molecule has 9 heteroatoms. The van der Waals surface area contributed by atoms with Crippen LogP contribution in [0.4, 0.5) is 0 Å². The zero-order valence-electron chi connectivity index (χ0n) is 41.2. The zero-order valence-corrected chi connectivity index (χ0v) is 46.7. The predicted octanol–water partition coefficient (Wildman–Crippen LogP) is 16.3. The second-order valence-electron chi connectivity index (χ2n) is 18.7. The Hall–Kier alpha value is -1.86. The van der Waals surface area contributed by atoms with Crippen LogP contribution in [0.5, 0.6) is 0 Å². The molecule has 0 saturated carbocycles. The fraction of sp³-hybridized carbons (Fsp3) is 0.643. The fourth-order valence-electron chi connectivity index (χ4n) is 9.05. The largest absolute Gasteiger partial charge is 2.00 e. The molecule has 65 heavy (non-hydrogen) atoms. The first-order chi connectivity index (χ1) is 30.9. The predicted molar refractivity (Wildman–Crippen MR) is 276 cm³/mol. The molecule has 0 fully saturated rings. The van der Waals surface area contributed by atoms with Gasteiger partial charge in [-0.3, -0.25) is 0 Å². The summed E-state index contributed by atoms with van der Waals surface area (Å²) in [6.07, 6.45) is 38.6. The Morgan fingerprint density at radius 1 is 0.323 bits per heavy atom. The van der Waals surface area contributed by atoms with Crippen molar-refractivity contribution in [2.24, 2.45) is 0 Å². The molecule has 4 aromatic carbocycles. The van der Waals surface area contributed by atoms with Crippen LogP contribution in [0.3, 0.4) is 0 Å². The van der Waals surface area contributed by atoms with E-state index in [0.717, 1.165) is 86.1 Å². The van der Waals surface area contributed by atoms with Crippen molar-refractivity contribution in [1.82, 2.24) is 0 Å². The zero-order chi connectivity index (χ0) is 46.5. The quantitative estimate of drug-likeness (QED) is 0.0261. The van der Waals surface area contributed by atoms with Gasteiger partial charge in [0.25, 0.3) is 0 Å². The van der Waals surface area contributed by atoms with E-state index in [9.17, 15) is 25.9 Å². The summed E-state index contributed by atoms with van der Waals surface area (Å²) in [5.74, 6) is 0. The van der Waals surface area contributed by atoms with E-state index in [4.69, 9.17) is 0 Å². The summed E-state index contributed by atoms with van der Waals surface area (Å²) in [5, 5.41) is 2.90. The molecule has 0 atom stereocenters. The Morgan fingerprint density at radius 2 is 0.554 bits per heavy atom. The van der Waals surface area contributed by atoms with Crippen LogP contribution < -0.4 is 0 Å². The van der Waals surface area contributed by atoms with Gasteiger partial charge in [-0.2, -0.15) is 0 Å². The number of aryl methyl sites for hydroxylation is 4. The molecule has 2 radical (unpaired) electrons. The number of rotatable bonds is 34. The summed E-state index contributed by atoms with van der Waals surface area (Å²) < 4.78 is 71.5. The van der Waals surface area contributed by atoms with Crippen molar-refractivity contribution in [3.05, 3.63) is 82.9 Å². The monoisotopic (exact) mass is 1130 g/mol. The van der Waals surface area contributed by atoms with Gasteiger partial charge >= 0.3 is 27.3 Å². The second kappa shape index (κ2) is 34.4. The van der Waals surface area contributed by atoms with E-state index in [1.165, 1.54) is 152 Å². The molecule has 0 N–H and O–H groups in total. The Bertz CT molecular complexity index is 1950. The first-order valence-electron chi connectivity index (χ1n) is 25.9. The molecule has 0 aromatic heterocycles. The average molecular weight is 1130 g/mol. The van der Waals surface area contributed by atoms with Crippen molar-refractivity contribution in [2.75, 3.05) is 0 Å². The van der Waals surface area contributed by atoms with Crippen molar-refractivity contribution in [1.29, 1.82) is 0 Å².